The Bertz CT molecular complexity index is 1050. The van der Waals surface area contributed by atoms with Crippen LogP contribution in [0, 0.1) is 10.1 Å². The van der Waals surface area contributed by atoms with Crippen molar-refractivity contribution in [1.82, 2.24) is 5.06 Å². The number of halogens is 6. The summed E-state index contributed by atoms with van der Waals surface area (Å²) in [6.45, 7) is 3.39. The van der Waals surface area contributed by atoms with E-state index in [9.17, 15) is 36.5 Å². The summed E-state index contributed by atoms with van der Waals surface area (Å²) in [7, 11) is 0. The van der Waals surface area contributed by atoms with E-state index in [0.717, 1.165) is 6.42 Å². The van der Waals surface area contributed by atoms with Crippen molar-refractivity contribution in [3.63, 3.8) is 0 Å². The minimum absolute atomic E-state index is 0.0505. The molecule has 2 aromatic carbocycles. The Hall–Kier alpha value is -2.70. The van der Waals surface area contributed by atoms with E-state index in [1.165, 1.54) is 12.0 Å². The second-order valence-corrected chi connectivity index (χ2v) is 9.42. The smallest absolute Gasteiger partial charge is 0.371 e. The summed E-state index contributed by atoms with van der Waals surface area (Å²) in [6, 6.07) is 9.38. The van der Waals surface area contributed by atoms with Crippen molar-refractivity contribution in [1.29, 1.82) is 0 Å². The van der Waals surface area contributed by atoms with Gasteiger partial charge in [-0.25, -0.2) is 0 Å². The molecule has 3 rings (SSSR count). The molecule has 0 aliphatic carbocycles. The second kappa shape index (κ2) is 12.0. The monoisotopic (exact) mass is 548 g/mol. The number of hydrogen-bond acceptors (Lipinski definition) is 5. The van der Waals surface area contributed by atoms with E-state index in [1.54, 1.807) is 30.3 Å². The SMILES string of the molecule is CCCCON1CC([N+](=O)[O-])CC[C@@]1(CO[C@H](C)c1cc(C(F)(F)F)cc(C(F)(F)F)c1)c1ccccc1. The number of nitro groups is 1. The van der Waals surface area contributed by atoms with Crippen LogP contribution in [0.1, 0.15) is 67.9 Å². The highest BCUT2D eigenvalue weighted by Gasteiger charge is 2.48. The predicted molar refractivity (Wildman–Crippen MR) is 127 cm³/mol. The van der Waals surface area contributed by atoms with E-state index < -0.39 is 41.2 Å². The maximum absolute atomic E-state index is 13.4. The molecule has 1 aliphatic rings. The molecular formula is C26H30F6N2O4. The van der Waals surface area contributed by atoms with Crippen molar-refractivity contribution < 1.29 is 40.8 Å². The van der Waals surface area contributed by atoms with Gasteiger partial charge in [0.15, 0.2) is 0 Å². The van der Waals surface area contributed by atoms with Crippen LogP contribution in [0.2, 0.25) is 0 Å². The van der Waals surface area contributed by atoms with E-state index in [1.807, 2.05) is 6.92 Å². The zero-order valence-electron chi connectivity index (χ0n) is 21.0. The van der Waals surface area contributed by atoms with Crippen molar-refractivity contribution >= 4 is 0 Å². The lowest BCUT2D eigenvalue weighted by atomic mass is 9.81. The number of benzene rings is 2. The first-order valence-corrected chi connectivity index (χ1v) is 12.3. The summed E-state index contributed by atoms with van der Waals surface area (Å²) in [5.74, 6) is 0. The molecule has 0 saturated carbocycles. The van der Waals surface area contributed by atoms with Crippen molar-refractivity contribution in [2.45, 2.75) is 69.6 Å². The second-order valence-electron chi connectivity index (χ2n) is 9.42. The van der Waals surface area contributed by atoms with Gasteiger partial charge in [0.2, 0.25) is 6.04 Å². The molecule has 0 N–H and O–H groups in total. The van der Waals surface area contributed by atoms with Gasteiger partial charge in [-0.2, -0.15) is 31.4 Å². The maximum Gasteiger partial charge on any atom is 0.416 e. The number of hydrogen-bond donors (Lipinski definition) is 0. The number of nitrogens with zero attached hydrogens (tertiary/aromatic N) is 2. The Balaban J connectivity index is 1.96. The third-order valence-corrected chi connectivity index (χ3v) is 6.75. The fraction of sp³-hybridized carbons (Fsp3) is 0.538. The highest BCUT2D eigenvalue weighted by atomic mass is 19.4. The minimum Gasteiger partial charge on any atom is -0.371 e. The van der Waals surface area contributed by atoms with E-state index in [0.29, 0.717) is 24.1 Å². The van der Waals surface area contributed by atoms with Gasteiger partial charge >= 0.3 is 12.4 Å². The molecule has 3 atom stereocenters. The van der Waals surface area contributed by atoms with E-state index in [4.69, 9.17) is 9.57 Å². The molecule has 0 bridgehead atoms. The third kappa shape index (κ3) is 7.03. The molecule has 12 heteroatoms. The number of rotatable bonds is 10. The molecule has 2 aromatic rings. The predicted octanol–water partition coefficient (Wildman–Crippen LogP) is 7.17. The molecule has 0 radical (unpaired) electrons. The van der Waals surface area contributed by atoms with Crippen molar-refractivity contribution in [3.8, 4) is 0 Å². The van der Waals surface area contributed by atoms with Gasteiger partial charge in [-0.1, -0.05) is 43.7 Å². The Kier molecular flexibility index (Phi) is 9.43. The van der Waals surface area contributed by atoms with Crippen LogP contribution in [-0.2, 0) is 27.5 Å². The largest absolute Gasteiger partial charge is 0.416 e. The Morgan fingerprint density at radius 1 is 1.08 bits per heavy atom. The summed E-state index contributed by atoms with van der Waals surface area (Å²) in [4.78, 5) is 17.2. The zero-order valence-corrected chi connectivity index (χ0v) is 21.0. The average Bonchev–Trinajstić information content (AvgIpc) is 2.87. The summed E-state index contributed by atoms with van der Waals surface area (Å²) in [5.41, 5.74) is -3.46. The van der Waals surface area contributed by atoms with Gasteiger partial charge in [-0.15, -0.1) is 0 Å². The van der Waals surface area contributed by atoms with Gasteiger partial charge in [-0.3, -0.25) is 15.0 Å². The molecule has 1 heterocycles. The minimum atomic E-state index is -4.98. The fourth-order valence-electron chi connectivity index (χ4n) is 4.49. The van der Waals surface area contributed by atoms with Crippen LogP contribution in [0.3, 0.4) is 0 Å². The molecular weight excluding hydrogens is 518 g/mol. The van der Waals surface area contributed by atoms with Gasteiger partial charge in [0.1, 0.15) is 0 Å². The molecule has 0 aromatic heterocycles. The van der Waals surface area contributed by atoms with Gasteiger partial charge in [0.05, 0.1) is 42.5 Å². The fourth-order valence-corrected chi connectivity index (χ4v) is 4.49. The van der Waals surface area contributed by atoms with Gasteiger partial charge < -0.3 is 4.74 Å². The molecule has 6 nitrogen and oxygen atoms in total. The molecule has 38 heavy (non-hydrogen) atoms. The Morgan fingerprint density at radius 2 is 1.68 bits per heavy atom. The summed E-state index contributed by atoms with van der Waals surface area (Å²) < 4.78 is 86.2. The van der Waals surface area contributed by atoms with Crippen LogP contribution in [0.15, 0.2) is 48.5 Å². The lowest BCUT2D eigenvalue weighted by Gasteiger charge is -2.47. The molecule has 1 fully saturated rings. The number of ether oxygens (including phenoxy) is 1. The standard InChI is InChI=1S/C26H30F6N2O4/c1-3-4-12-38-33-16-23(34(35)36)10-11-24(33,20-8-6-5-7-9-20)17-37-18(2)19-13-21(25(27,28)29)15-22(14-19)26(30,31)32/h5-9,13-15,18,23H,3-4,10-12,16-17H2,1-2H3/t18-,23?,24-/m1/s1. The molecule has 1 unspecified atom stereocenters. The normalized spacial score (nSPS) is 21.8. The molecule has 210 valence electrons. The van der Waals surface area contributed by atoms with E-state index in [2.05, 4.69) is 0 Å². The van der Waals surface area contributed by atoms with Crippen LogP contribution in [-0.4, -0.2) is 35.8 Å². The highest BCUT2D eigenvalue weighted by molar-refractivity contribution is 5.35. The lowest BCUT2D eigenvalue weighted by Crippen LogP contribution is -2.57. The molecule has 0 spiro atoms. The van der Waals surface area contributed by atoms with Crippen LogP contribution in [0.25, 0.3) is 0 Å². The molecule has 1 saturated heterocycles. The van der Waals surface area contributed by atoms with Gasteiger partial charge in [0.25, 0.3) is 0 Å². The van der Waals surface area contributed by atoms with Gasteiger partial charge in [-0.05, 0) is 49.1 Å². The average molecular weight is 549 g/mol. The Morgan fingerprint density at radius 3 is 2.21 bits per heavy atom. The number of hydroxylamine groups is 2. The summed E-state index contributed by atoms with van der Waals surface area (Å²) >= 11 is 0. The third-order valence-electron chi connectivity index (χ3n) is 6.75. The first-order chi connectivity index (χ1) is 17.8. The molecule has 0 amide bonds. The van der Waals surface area contributed by atoms with Crippen LogP contribution >= 0.6 is 0 Å². The summed E-state index contributed by atoms with van der Waals surface area (Å²) in [6.07, 6.45) is -9.18. The number of alkyl halides is 6. The first-order valence-electron chi connectivity index (χ1n) is 12.3. The van der Waals surface area contributed by atoms with Gasteiger partial charge in [0, 0.05) is 11.3 Å². The zero-order chi connectivity index (χ0) is 28.1. The van der Waals surface area contributed by atoms with Crippen molar-refractivity contribution in [2.24, 2.45) is 0 Å². The van der Waals surface area contributed by atoms with Crippen LogP contribution in [0.5, 0.6) is 0 Å². The Labute approximate surface area is 216 Å². The van der Waals surface area contributed by atoms with E-state index in [-0.39, 0.29) is 49.2 Å². The highest BCUT2D eigenvalue weighted by Crippen LogP contribution is 2.42. The number of unbranched alkanes of at least 4 members (excludes halogenated alkanes) is 1. The summed E-state index contributed by atoms with van der Waals surface area (Å²) in [5, 5.41) is 13.1. The topological polar surface area (TPSA) is 64.8 Å². The van der Waals surface area contributed by atoms with Crippen LogP contribution < -0.4 is 0 Å². The maximum atomic E-state index is 13.4. The van der Waals surface area contributed by atoms with Crippen LogP contribution in [0.4, 0.5) is 26.3 Å². The van der Waals surface area contributed by atoms with E-state index >= 15 is 0 Å². The lowest BCUT2D eigenvalue weighted by molar-refractivity contribution is -0.536. The first kappa shape index (κ1) is 29.9. The van der Waals surface area contributed by atoms with Crippen molar-refractivity contribution in [3.05, 3.63) is 80.9 Å². The molecule has 1 aliphatic heterocycles. The van der Waals surface area contributed by atoms with Crippen molar-refractivity contribution in [2.75, 3.05) is 19.8 Å². The number of piperidine rings is 1. The quantitative estimate of drug-likeness (QED) is 0.136.